The van der Waals surface area contributed by atoms with Gasteiger partial charge in [-0.2, -0.15) is 5.26 Å². The fourth-order valence-corrected chi connectivity index (χ4v) is 3.05. The van der Waals surface area contributed by atoms with E-state index in [9.17, 15) is 14.4 Å². The molecule has 23 heavy (non-hydrogen) atoms. The smallest absolute Gasteiger partial charge is 0.268 e. The molecule has 3 rings (SSSR count). The molecular weight excluding hydrogens is 295 g/mol. The molecule has 1 aliphatic rings. The quantitative estimate of drug-likeness (QED) is 0.893. The number of rotatable bonds is 2. The Morgan fingerprint density at radius 2 is 2.09 bits per heavy atom. The monoisotopic (exact) mass is 314 g/mol. The largest absolute Gasteiger partial charge is 0.350 e. The molecule has 0 aliphatic carbocycles. The number of carbonyl (C=O) groups excluding carboxylic acids is 1. The minimum Gasteiger partial charge on any atom is -0.350 e. The molecule has 1 aromatic heterocycles. The molecule has 0 atom stereocenters. The summed E-state index contributed by atoms with van der Waals surface area (Å²) in [6.07, 6.45) is 1.19. The van der Waals surface area contributed by atoms with Crippen LogP contribution in [0, 0.1) is 24.1 Å². The van der Waals surface area contributed by atoms with Crippen molar-refractivity contribution in [2.24, 2.45) is 0 Å². The fraction of sp³-hybridized carbons (Fsp3) is 0.412. The van der Waals surface area contributed by atoms with Crippen LogP contribution in [0.2, 0.25) is 0 Å². The summed E-state index contributed by atoms with van der Waals surface area (Å²) in [5.74, 6) is -0.667. The molecule has 5 nitrogen and oxygen atoms in total. The summed E-state index contributed by atoms with van der Waals surface area (Å²) in [6.45, 7) is 3.34. The first kappa shape index (κ1) is 15.5. The first-order valence-corrected chi connectivity index (χ1v) is 7.64. The zero-order valence-corrected chi connectivity index (χ0v) is 13.2. The molecule has 0 bridgehead atoms. The molecule has 2 N–H and O–H groups in total. The number of nitrogens with zero attached hydrogens (tertiary/aromatic N) is 2. The van der Waals surface area contributed by atoms with Crippen LogP contribution in [0.5, 0.6) is 0 Å². The lowest BCUT2D eigenvalue weighted by atomic mass is 9.89. The highest BCUT2D eigenvalue weighted by molar-refractivity contribution is 5.99. The normalized spacial score (nSPS) is 17.8. The van der Waals surface area contributed by atoms with Crippen molar-refractivity contribution >= 4 is 16.8 Å². The second-order valence-corrected chi connectivity index (χ2v) is 6.32. The number of H-pyrrole nitrogens is 1. The van der Waals surface area contributed by atoms with Crippen LogP contribution in [0.15, 0.2) is 18.2 Å². The first-order valence-electron chi connectivity index (χ1n) is 7.64. The van der Waals surface area contributed by atoms with Crippen LogP contribution in [0.1, 0.15) is 28.9 Å². The van der Waals surface area contributed by atoms with Crippen LogP contribution >= 0.6 is 0 Å². The van der Waals surface area contributed by atoms with Crippen LogP contribution in [0.4, 0.5) is 4.39 Å². The number of carbonyl (C=O) groups is 1. The van der Waals surface area contributed by atoms with Gasteiger partial charge >= 0.3 is 0 Å². The van der Waals surface area contributed by atoms with E-state index >= 15 is 0 Å². The number of aromatic nitrogens is 1. The van der Waals surface area contributed by atoms with E-state index in [0.717, 1.165) is 24.0 Å². The number of nitrogens with one attached hydrogen (secondary N) is 2. The summed E-state index contributed by atoms with van der Waals surface area (Å²) in [6, 6.07) is 6.77. The number of likely N-dealkylation sites (tertiary alicyclic amines) is 1. The van der Waals surface area contributed by atoms with E-state index in [4.69, 9.17) is 0 Å². The van der Waals surface area contributed by atoms with Crippen LogP contribution < -0.4 is 5.32 Å². The Morgan fingerprint density at radius 1 is 1.39 bits per heavy atom. The third-order valence-electron chi connectivity index (χ3n) is 4.56. The number of aryl methyl sites for hydroxylation is 1. The minimum atomic E-state index is -0.832. The molecule has 1 amide bonds. The molecule has 1 fully saturated rings. The predicted molar refractivity (Wildman–Crippen MR) is 85.5 cm³/mol. The molecule has 1 aromatic carbocycles. The Hall–Kier alpha value is -2.39. The molecular formula is C17H19FN4O. The Bertz CT molecular complexity index is 797. The van der Waals surface area contributed by atoms with Gasteiger partial charge in [0.25, 0.3) is 5.91 Å². The van der Waals surface area contributed by atoms with E-state index in [0.29, 0.717) is 24.1 Å². The van der Waals surface area contributed by atoms with Gasteiger partial charge in [0, 0.05) is 24.0 Å². The Balaban J connectivity index is 1.86. The van der Waals surface area contributed by atoms with Crippen molar-refractivity contribution in [3.05, 3.63) is 35.3 Å². The Labute approximate surface area is 134 Å². The topological polar surface area (TPSA) is 71.9 Å². The van der Waals surface area contributed by atoms with E-state index in [2.05, 4.69) is 21.3 Å². The van der Waals surface area contributed by atoms with Gasteiger partial charge in [-0.1, -0.05) is 0 Å². The van der Waals surface area contributed by atoms with Crippen molar-refractivity contribution in [2.75, 3.05) is 20.1 Å². The minimum absolute atomic E-state index is 0.327. The van der Waals surface area contributed by atoms with Gasteiger partial charge in [-0.3, -0.25) is 4.79 Å². The highest BCUT2D eigenvalue weighted by Crippen LogP contribution is 2.24. The number of amides is 1. The van der Waals surface area contributed by atoms with E-state index in [1.807, 2.05) is 7.05 Å². The van der Waals surface area contributed by atoms with Crippen LogP contribution in [0.25, 0.3) is 10.9 Å². The maximum absolute atomic E-state index is 13.5. The van der Waals surface area contributed by atoms with Crippen LogP contribution in [-0.2, 0) is 0 Å². The van der Waals surface area contributed by atoms with E-state index < -0.39 is 5.54 Å². The summed E-state index contributed by atoms with van der Waals surface area (Å²) in [4.78, 5) is 17.6. The molecule has 2 heterocycles. The average molecular weight is 314 g/mol. The second-order valence-electron chi connectivity index (χ2n) is 6.32. The number of piperidine rings is 1. The summed E-state index contributed by atoms with van der Waals surface area (Å²) in [5.41, 5.74) is 0.871. The van der Waals surface area contributed by atoms with Crippen molar-refractivity contribution in [2.45, 2.75) is 25.3 Å². The molecule has 120 valence electrons. The lowest BCUT2D eigenvalue weighted by Gasteiger charge is -2.35. The summed E-state index contributed by atoms with van der Waals surface area (Å²) >= 11 is 0. The van der Waals surface area contributed by atoms with Gasteiger partial charge in [0.05, 0.1) is 6.07 Å². The SMILES string of the molecule is Cc1cc(F)cc2[nH]c(C(=O)NC3(C#N)CCN(C)CC3)cc12. The van der Waals surface area contributed by atoms with Crippen LogP contribution in [0.3, 0.4) is 0 Å². The van der Waals surface area contributed by atoms with Gasteiger partial charge in [-0.25, -0.2) is 4.39 Å². The molecule has 0 spiro atoms. The number of hydrogen-bond donors (Lipinski definition) is 2. The van der Waals surface area contributed by atoms with Gasteiger partial charge in [0.2, 0.25) is 0 Å². The first-order chi connectivity index (χ1) is 10.9. The van der Waals surface area contributed by atoms with Crippen LogP contribution in [-0.4, -0.2) is 41.5 Å². The summed E-state index contributed by atoms with van der Waals surface area (Å²) in [5, 5.41) is 13.2. The molecule has 0 unspecified atom stereocenters. The van der Waals surface area contributed by atoms with Gasteiger partial charge in [-0.15, -0.1) is 0 Å². The number of nitriles is 1. The number of hydrogen-bond acceptors (Lipinski definition) is 3. The molecule has 2 aromatic rings. The van der Waals surface area contributed by atoms with Crippen molar-refractivity contribution in [3.63, 3.8) is 0 Å². The lowest BCUT2D eigenvalue weighted by Crippen LogP contribution is -2.53. The highest BCUT2D eigenvalue weighted by atomic mass is 19.1. The number of aromatic amines is 1. The Morgan fingerprint density at radius 3 is 2.74 bits per heavy atom. The maximum Gasteiger partial charge on any atom is 0.268 e. The predicted octanol–water partition coefficient (Wildman–Crippen LogP) is 2.33. The Kier molecular flexibility index (Phi) is 3.82. The molecule has 0 saturated carbocycles. The van der Waals surface area contributed by atoms with Gasteiger partial charge in [0.15, 0.2) is 0 Å². The maximum atomic E-state index is 13.5. The van der Waals surface area contributed by atoms with Crippen molar-refractivity contribution in [1.82, 2.24) is 15.2 Å². The standard InChI is InChI=1S/C17H19FN4O/c1-11-7-12(18)8-14-13(11)9-15(20-14)16(23)21-17(10-19)3-5-22(2)6-4-17/h7-9,20H,3-6H2,1-2H3,(H,21,23). The third-order valence-corrected chi connectivity index (χ3v) is 4.56. The van der Waals surface area contributed by atoms with Crippen molar-refractivity contribution in [3.8, 4) is 6.07 Å². The zero-order chi connectivity index (χ0) is 16.6. The van der Waals surface area contributed by atoms with Crippen molar-refractivity contribution < 1.29 is 9.18 Å². The van der Waals surface area contributed by atoms with Gasteiger partial charge < -0.3 is 15.2 Å². The molecule has 1 saturated heterocycles. The van der Waals surface area contributed by atoms with E-state index in [1.54, 1.807) is 13.0 Å². The number of benzene rings is 1. The average Bonchev–Trinajstić information content (AvgIpc) is 2.94. The second kappa shape index (κ2) is 5.67. The van der Waals surface area contributed by atoms with E-state index in [1.165, 1.54) is 12.1 Å². The molecule has 6 heteroatoms. The summed E-state index contributed by atoms with van der Waals surface area (Å²) < 4.78 is 13.5. The van der Waals surface area contributed by atoms with Gasteiger partial charge in [-0.05, 0) is 50.6 Å². The highest BCUT2D eigenvalue weighted by Gasteiger charge is 2.35. The molecule has 1 aliphatic heterocycles. The number of fused-ring (bicyclic) bond motifs is 1. The fourth-order valence-electron chi connectivity index (χ4n) is 3.05. The van der Waals surface area contributed by atoms with Crippen molar-refractivity contribution in [1.29, 1.82) is 5.26 Å². The lowest BCUT2D eigenvalue weighted by molar-refractivity contribution is 0.0877. The zero-order valence-electron chi connectivity index (χ0n) is 13.2. The number of halogens is 1. The third kappa shape index (κ3) is 2.92. The van der Waals surface area contributed by atoms with E-state index in [-0.39, 0.29) is 11.7 Å². The molecule has 0 radical (unpaired) electrons. The summed E-state index contributed by atoms with van der Waals surface area (Å²) in [7, 11) is 2.00. The van der Waals surface area contributed by atoms with Gasteiger partial charge in [0.1, 0.15) is 17.1 Å².